The first-order chi connectivity index (χ1) is 12.1. The predicted octanol–water partition coefficient (Wildman–Crippen LogP) is 2.85. The zero-order valence-corrected chi connectivity index (χ0v) is 14.4. The van der Waals surface area contributed by atoms with Gasteiger partial charge in [0.25, 0.3) is 5.91 Å². The van der Waals surface area contributed by atoms with Crippen molar-refractivity contribution in [2.24, 2.45) is 0 Å². The zero-order valence-electron chi connectivity index (χ0n) is 14.4. The van der Waals surface area contributed by atoms with E-state index in [1.807, 2.05) is 32.0 Å². The van der Waals surface area contributed by atoms with Crippen molar-refractivity contribution in [1.82, 2.24) is 5.32 Å². The lowest BCUT2D eigenvalue weighted by atomic mass is 10.2. The van der Waals surface area contributed by atoms with Gasteiger partial charge in [0.05, 0.1) is 19.8 Å². The van der Waals surface area contributed by atoms with Crippen molar-refractivity contribution in [3.05, 3.63) is 54.1 Å². The van der Waals surface area contributed by atoms with Crippen molar-refractivity contribution in [2.45, 2.75) is 13.8 Å². The van der Waals surface area contributed by atoms with Crippen molar-refractivity contribution in [3.8, 4) is 11.5 Å². The second-order valence-corrected chi connectivity index (χ2v) is 5.12. The monoisotopic (exact) mass is 342 g/mol. The fourth-order valence-corrected chi connectivity index (χ4v) is 2.18. The molecule has 0 saturated heterocycles. The van der Waals surface area contributed by atoms with Crippen LogP contribution in [-0.2, 0) is 4.79 Å². The molecule has 2 aromatic rings. The Kier molecular flexibility index (Phi) is 6.83. The van der Waals surface area contributed by atoms with E-state index in [4.69, 9.17) is 9.47 Å². The van der Waals surface area contributed by atoms with Gasteiger partial charge in [-0.25, -0.2) is 0 Å². The van der Waals surface area contributed by atoms with Gasteiger partial charge in [0.15, 0.2) is 11.5 Å². The highest BCUT2D eigenvalue weighted by Crippen LogP contribution is 2.28. The van der Waals surface area contributed by atoms with E-state index in [0.29, 0.717) is 36.0 Å². The highest BCUT2D eigenvalue weighted by Gasteiger charge is 2.12. The van der Waals surface area contributed by atoms with Crippen LogP contribution in [0.2, 0.25) is 0 Å². The first-order valence-corrected chi connectivity index (χ1v) is 8.16. The van der Waals surface area contributed by atoms with Gasteiger partial charge in [0.2, 0.25) is 5.91 Å². The Morgan fingerprint density at radius 1 is 0.920 bits per heavy atom. The molecule has 6 heteroatoms. The maximum Gasteiger partial charge on any atom is 0.251 e. The van der Waals surface area contributed by atoms with Crippen molar-refractivity contribution in [2.75, 3.05) is 25.1 Å². The van der Waals surface area contributed by atoms with Crippen LogP contribution in [0.3, 0.4) is 0 Å². The van der Waals surface area contributed by atoms with Gasteiger partial charge in [-0.1, -0.05) is 18.2 Å². The predicted molar refractivity (Wildman–Crippen MR) is 96.2 cm³/mol. The highest BCUT2D eigenvalue weighted by atomic mass is 16.5. The van der Waals surface area contributed by atoms with Crippen LogP contribution in [-0.4, -0.2) is 31.6 Å². The molecule has 0 unspecified atom stereocenters. The number of nitrogens with one attached hydrogen (secondary N) is 2. The Labute approximate surface area is 147 Å². The first-order valence-electron chi connectivity index (χ1n) is 8.16. The Bertz CT molecular complexity index is 717. The van der Waals surface area contributed by atoms with Crippen LogP contribution < -0.4 is 20.1 Å². The van der Waals surface area contributed by atoms with E-state index in [0.717, 1.165) is 0 Å². The van der Waals surface area contributed by atoms with E-state index in [-0.39, 0.29) is 18.4 Å². The quantitative estimate of drug-likeness (QED) is 0.773. The second kappa shape index (κ2) is 9.32. The van der Waals surface area contributed by atoms with Gasteiger partial charge in [0, 0.05) is 11.3 Å². The highest BCUT2D eigenvalue weighted by molar-refractivity contribution is 5.99. The summed E-state index contributed by atoms with van der Waals surface area (Å²) in [5, 5.41) is 5.30. The largest absolute Gasteiger partial charge is 0.490 e. The number of amides is 2. The molecule has 2 aromatic carbocycles. The molecule has 2 rings (SSSR count). The first kappa shape index (κ1) is 18.3. The number of hydrogen-bond acceptors (Lipinski definition) is 4. The van der Waals surface area contributed by atoms with Crippen LogP contribution in [0.1, 0.15) is 24.2 Å². The summed E-state index contributed by atoms with van der Waals surface area (Å²) in [5.74, 6) is 0.441. The molecule has 0 saturated carbocycles. The van der Waals surface area contributed by atoms with Crippen LogP contribution in [0, 0.1) is 0 Å². The number of ether oxygens (including phenoxy) is 2. The lowest BCUT2D eigenvalue weighted by Crippen LogP contribution is -2.32. The lowest BCUT2D eigenvalue weighted by molar-refractivity contribution is -0.115. The summed E-state index contributed by atoms with van der Waals surface area (Å²) in [6.07, 6.45) is 0. The minimum Gasteiger partial charge on any atom is -0.490 e. The van der Waals surface area contributed by atoms with E-state index >= 15 is 0 Å². The number of hydrogen-bond donors (Lipinski definition) is 2. The Morgan fingerprint density at radius 2 is 1.60 bits per heavy atom. The summed E-state index contributed by atoms with van der Waals surface area (Å²) in [5.41, 5.74) is 1.08. The second-order valence-electron chi connectivity index (χ2n) is 5.12. The van der Waals surface area contributed by atoms with E-state index in [1.165, 1.54) is 0 Å². The SMILES string of the molecule is CCOc1ccc(C(=O)NCC(=O)Nc2ccccc2)cc1OCC. The Balaban J connectivity index is 1.95. The van der Waals surface area contributed by atoms with E-state index < -0.39 is 0 Å². The van der Waals surface area contributed by atoms with E-state index in [1.54, 1.807) is 30.3 Å². The minimum atomic E-state index is -0.354. The molecule has 0 aliphatic heterocycles. The average Bonchev–Trinajstić information content (AvgIpc) is 2.62. The molecular formula is C19H22N2O4. The van der Waals surface area contributed by atoms with Crippen LogP contribution in [0.5, 0.6) is 11.5 Å². The molecule has 0 spiro atoms. The third-order valence-corrected chi connectivity index (χ3v) is 3.27. The third kappa shape index (κ3) is 5.53. The van der Waals surface area contributed by atoms with Gasteiger partial charge < -0.3 is 20.1 Å². The standard InChI is InChI=1S/C19H22N2O4/c1-3-24-16-11-10-14(12-17(16)25-4-2)19(23)20-13-18(22)21-15-8-6-5-7-9-15/h5-12H,3-4,13H2,1-2H3,(H,20,23)(H,21,22). The van der Waals surface area contributed by atoms with Crippen molar-refractivity contribution in [1.29, 1.82) is 0 Å². The number of para-hydroxylation sites is 1. The van der Waals surface area contributed by atoms with Crippen molar-refractivity contribution in [3.63, 3.8) is 0 Å². The summed E-state index contributed by atoms with van der Waals surface area (Å²) in [6.45, 7) is 4.58. The summed E-state index contributed by atoms with van der Waals surface area (Å²) in [6, 6.07) is 14.0. The maximum absolute atomic E-state index is 12.2. The number of benzene rings is 2. The normalized spacial score (nSPS) is 10.0. The lowest BCUT2D eigenvalue weighted by Gasteiger charge is -2.12. The summed E-state index contributed by atoms with van der Waals surface area (Å²) in [4.78, 5) is 24.1. The fraction of sp³-hybridized carbons (Fsp3) is 0.263. The molecular weight excluding hydrogens is 320 g/mol. The summed E-state index contributed by atoms with van der Waals surface area (Å²) < 4.78 is 11.0. The van der Waals surface area contributed by atoms with Crippen molar-refractivity contribution >= 4 is 17.5 Å². The molecule has 0 bridgehead atoms. The van der Waals surface area contributed by atoms with Crippen LogP contribution >= 0.6 is 0 Å². The molecule has 2 N–H and O–H groups in total. The minimum absolute atomic E-state index is 0.120. The van der Waals surface area contributed by atoms with Gasteiger partial charge >= 0.3 is 0 Å². The molecule has 2 amide bonds. The Morgan fingerprint density at radius 3 is 2.28 bits per heavy atom. The molecule has 6 nitrogen and oxygen atoms in total. The van der Waals surface area contributed by atoms with Gasteiger partial charge in [0.1, 0.15) is 0 Å². The smallest absolute Gasteiger partial charge is 0.251 e. The molecule has 0 aliphatic rings. The molecule has 132 valence electrons. The topological polar surface area (TPSA) is 76.7 Å². The Hall–Kier alpha value is -3.02. The van der Waals surface area contributed by atoms with E-state index in [2.05, 4.69) is 10.6 Å². The summed E-state index contributed by atoms with van der Waals surface area (Å²) in [7, 11) is 0. The van der Waals surface area contributed by atoms with Gasteiger partial charge in [-0.15, -0.1) is 0 Å². The molecule has 0 fully saturated rings. The number of anilines is 1. The number of carbonyl (C=O) groups excluding carboxylic acids is 2. The van der Waals surface area contributed by atoms with Crippen LogP contribution in [0.25, 0.3) is 0 Å². The zero-order chi connectivity index (χ0) is 18.1. The third-order valence-electron chi connectivity index (χ3n) is 3.27. The fourth-order valence-electron chi connectivity index (χ4n) is 2.18. The maximum atomic E-state index is 12.2. The molecule has 0 radical (unpaired) electrons. The molecule has 25 heavy (non-hydrogen) atoms. The van der Waals surface area contributed by atoms with Gasteiger partial charge in [-0.05, 0) is 44.2 Å². The van der Waals surface area contributed by atoms with Crippen LogP contribution in [0.15, 0.2) is 48.5 Å². The molecule has 0 aromatic heterocycles. The van der Waals surface area contributed by atoms with Crippen molar-refractivity contribution < 1.29 is 19.1 Å². The van der Waals surface area contributed by atoms with E-state index in [9.17, 15) is 9.59 Å². The average molecular weight is 342 g/mol. The van der Waals surface area contributed by atoms with Gasteiger partial charge in [-0.2, -0.15) is 0 Å². The molecule has 0 aliphatic carbocycles. The van der Waals surface area contributed by atoms with Gasteiger partial charge in [-0.3, -0.25) is 9.59 Å². The summed E-state index contributed by atoms with van der Waals surface area (Å²) >= 11 is 0. The van der Waals surface area contributed by atoms with Crippen LogP contribution in [0.4, 0.5) is 5.69 Å². The number of rotatable bonds is 8. The molecule has 0 atom stereocenters. The number of carbonyl (C=O) groups is 2. The molecule has 0 heterocycles.